The van der Waals surface area contributed by atoms with Crippen molar-refractivity contribution >= 4 is 28.8 Å². The fraction of sp³-hybridized carbons (Fsp3) is 0.359. The highest BCUT2D eigenvalue weighted by molar-refractivity contribution is 5.86. The van der Waals surface area contributed by atoms with Crippen LogP contribution in [0.15, 0.2) is 97.1 Å². The predicted octanol–water partition coefficient (Wildman–Crippen LogP) is 7.97. The lowest BCUT2D eigenvalue weighted by molar-refractivity contribution is -0.118. The maximum absolute atomic E-state index is 13.7. The largest absolute Gasteiger partial charge is 0.444 e. The summed E-state index contributed by atoms with van der Waals surface area (Å²) < 4.78 is 5.71. The summed E-state index contributed by atoms with van der Waals surface area (Å²) in [5.41, 5.74) is 3.43. The number of nitrogens with zero attached hydrogens (tertiary/aromatic N) is 2. The van der Waals surface area contributed by atoms with Gasteiger partial charge in [-0.15, -0.1) is 0 Å². The molecule has 0 heterocycles. The Labute approximate surface area is 279 Å². The van der Waals surface area contributed by atoms with Crippen LogP contribution in [0.2, 0.25) is 0 Å². The van der Waals surface area contributed by atoms with Crippen LogP contribution in [0, 0.1) is 0 Å². The highest BCUT2D eigenvalue weighted by Crippen LogP contribution is 2.24. The second kappa shape index (κ2) is 16.6. The number of fused-ring (bicyclic) bond motifs is 1. The summed E-state index contributed by atoms with van der Waals surface area (Å²) in [5, 5.41) is 8.30. The summed E-state index contributed by atoms with van der Waals surface area (Å²) in [7, 11) is 0. The maximum atomic E-state index is 13.7. The molecular formula is C39H48N4O4. The lowest BCUT2D eigenvalue weighted by atomic mass is 10.00. The minimum absolute atomic E-state index is 0.0578. The highest BCUT2D eigenvalue weighted by Gasteiger charge is 2.23. The van der Waals surface area contributed by atoms with E-state index in [0.717, 1.165) is 45.9 Å². The quantitative estimate of drug-likeness (QED) is 0.146. The van der Waals surface area contributed by atoms with Gasteiger partial charge in [0.25, 0.3) is 0 Å². The van der Waals surface area contributed by atoms with E-state index < -0.39 is 5.60 Å². The first-order valence-electron chi connectivity index (χ1n) is 16.4. The molecule has 0 saturated carbocycles. The lowest BCUT2D eigenvalue weighted by Crippen LogP contribution is -2.41. The summed E-state index contributed by atoms with van der Waals surface area (Å²) in [4.78, 5) is 41.7. The molecule has 2 N–H and O–H groups in total. The van der Waals surface area contributed by atoms with Gasteiger partial charge in [0, 0.05) is 39.6 Å². The number of hydrogen-bond acceptors (Lipinski definition) is 4. The van der Waals surface area contributed by atoms with Crippen LogP contribution in [-0.4, -0.2) is 46.5 Å². The Bertz CT molecular complexity index is 1610. The number of hydrogen-bond donors (Lipinski definition) is 2. The zero-order valence-electron chi connectivity index (χ0n) is 28.3. The Balaban J connectivity index is 1.46. The third-order valence-corrected chi connectivity index (χ3v) is 7.78. The summed E-state index contributed by atoms with van der Waals surface area (Å²) in [5.74, 6) is -0.0578. The zero-order chi connectivity index (χ0) is 33.8. The van der Waals surface area contributed by atoms with Crippen molar-refractivity contribution in [2.45, 2.75) is 78.7 Å². The van der Waals surface area contributed by atoms with Gasteiger partial charge in [0.2, 0.25) is 5.91 Å². The smallest absolute Gasteiger partial charge is 0.410 e. The fourth-order valence-corrected chi connectivity index (χ4v) is 5.43. The van der Waals surface area contributed by atoms with Gasteiger partial charge in [-0.05, 0) is 73.6 Å². The van der Waals surface area contributed by atoms with Crippen molar-refractivity contribution in [1.82, 2.24) is 20.4 Å². The van der Waals surface area contributed by atoms with E-state index in [2.05, 4.69) is 34.9 Å². The number of amides is 4. The van der Waals surface area contributed by atoms with E-state index in [1.807, 2.05) is 105 Å². The first-order chi connectivity index (χ1) is 22.5. The second-order valence-electron chi connectivity index (χ2n) is 13.0. The number of carbonyl (C=O) groups is 3. The molecule has 4 aromatic rings. The number of benzene rings is 4. The second-order valence-corrected chi connectivity index (χ2v) is 13.0. The first kappa shape index (κ1) is 35.0. The van der Waals surface area contributed by atoms with Crippen molar-refractivity contribution in [3.05, 3.63) is 119 Å². The Morgan fingerprint density at radius 2 is 1.30 bits per heavy atom. The van der Waals surface area contributed by atoms with E-state index in [1.165, 1.54) is 6.92 Å². The Morgan fingerprint density at radius 1 is 0.723 bits per heavy atom. The third-order valence-electron chi connectivity index (χ3n) is 7.78. The average Bonchev–Trinajstić information content (AvgIpc) is 3.03. The van der Waals surface area contributed by atoms with E-state index in [0.29, 0.717) is 32.7 Å². The predicted molar refractivity (Wildman–Crippen MR) is 188 cm³/mol. The van der Waals surface area contributed by atoms with Gasteiger partial charge in [-0.3, -0.25) is 9.69 Å². The van der Waals surface area contributed by atoms with Crippen LogP contribution in [0.5, 0.6) is 0 Å². The van der Waals surface area contributed by atoms with E-state index in [4.69, 9.17) is 4.74 Å². The van der Waals surface area contributed by atoms with Crippen molar-refractivity contribution in [1.29, 1.82) is 0 Å². The molecule has 1 atom stereocenters. The van der Waals surface area contributed by atoms with Crippen molar-refractivity contribution < 1.29 is 19.1 Å². The van der Waals surface area contributed by atoms with Gasteiger partial charge in [-0.2, -0.15) is 0 Å². The fourth-order valence-electron chi connectivity index (χ4n) is 5.43. The van der Waals surface area contributed by atoms with Gasteiger partial charge in [0.1, 0.15) is 5.60 Å². The Kier molecular flexibility index (Phi) is 12.4. The highest BCUT2D eigenvalue weighted by atomic mass is 16.6. The molecule has 8 nitrogen and oxygen atoms in total. The molecule has 0 aliphatic heterocycles. The van der Waals surface area contributed by atoms with Crippen molar-refractivity contribution in [3.8, 4) is 0 Å². The molecule has 47 heavy (non-hydrogen) atoms. The molecule has 0 bridgehead atoms. The molecule has 0 fully saturated rings. The van der Waals surface area contributed by atoms with Crippen molar-refractivity contribution in [2.75, 3.05) is 13.1 Å². The van der Waals surface area contributed by atoms with Crippen molar-refractivity contribution in [2.24, 2.45) is 0 Å². The summed E-state index contributed by atoms with van der Waals surface area (Å²) >= 11 is 0. The molecule has 8 heteroatoms. The number of ether oxygens (including phenoxy) is 1. The zero-order valence-corrected chi connectivity index (χ0v) is 28.3. The van der Waals surface area contributed by atoms with E-state index in [9.17, 15) is 14.4 Å². The molecule has 1 unspecified atom stereocenters. The molecule has 0 saturated heterocycles. The third kappa shape index (κ3) is 11.2. The van der Waals surface area contributed by atoms with Crippen LogP contribution in [0.3, 0.4) is 0 Å². The lowest BCUT2D eigenvalue weighted by Gasteiger charge is -2.28. The standard InChI is InChI=1S/C39H48N4O4/c1-29(35-19-13-17-34-16-9-10-18-36(34)35)41-37(45)42(25-12-11-24-40-30(2)44)26-32-20-22-33(23-21-32)28-43(38(46)47-39(3,4)5)27-31-14-7-6-8-15-31/h6-10,13-23,29H,11-12,24-28H2,1-5H3,(H,40,44)(H,41,45). The summed E-state index contributed by atoms with van der Waals surface area (Å²) in [6, 6.07) is 31.9. The van der Waals surface area contributed by atoms with Crippen LogP contribution in [0.4, 0.5) is 9.59 Å². The summed E-state index contributed by atoms with van der Waals surface area (Å²) in [6.07, 6.45) is 1.15. The molecule has 4 rings (SSSR count). The van der Waals surface area contributed by atoms with Gasteiger partial charge in [0.15, 0.2) is 0 Å². The van der Waals surface area contributed by atoms with Crippen LogP contribution in [-0.2, 0) is 29.2 Å². The van der Waals surface area contributed by atoms with Crippen molar-refractivity contribution in [3.63, 3.8) is 0 Å². The van der Waals surface area contributed by atoms with Crippen LogP contribution in [0.1, 0.15) is 75.8 Å². The van der Waals surface area contributed by atoms with E-state index in [-0.39, 0.29) is 24.1 Å². The van der Waals surface area contributed by atoms with Gasteiger partial charge in [0.05, 0.1) is 6.04 Å². The number of rotatable bonds is 13. The number of unbranched alkanes of at least 4 members (excludes halogenated alkanes) is 1. The molecule has 0 aromatic heterocycles. The van der Waals surface area contributed by atoms with Gasteiger partial charge < -0.3 is 20.3 Å². The number of carbonyl (C=O) groups excluding carboxylic acids is 3. The molecule has 0 radical (unpaired) electrons. The first-order valence-corrected chi connectivity index (χ1v) is 16.4. The van der Waals surface area contributed by atoms with Gasteiger partial charge >= 0.3 is 12.1 Å². The molecule has 0 spiro atoms. The molecule has 4 amide bonds. The van der Waals surface area contributed by atoms with Gasteiger partial charge in [-0.1, -0.05) is 97.1 Å². The SMILES string of the molecule is CC(=O)NCCCCN(Cc1ccc(CN(Cc2ccccc2)C(=O)OC(C)(C)C)cc1)C(=O)NC(C)c1cccc2ccccc12. The molecule has 248 valence electrons. The van der Waals surface area contributed by atoms with Gasteiger partial charge in [-0.25, -0.2) is 9.59 Å². The summed E-state index contributed by atoms with van der Waals surface area (Å²) in [6.45, 7) is 11.5. The van der Waals surface area contributed by atoms with E-state index >= 15 is 0 Å². The molecule has 0 aliphatic rings. The Morgan fingerprint density at radius 3 is 1.94 bits per heavy atom. The van der Waals surface area contributed by atoms with Crippen LogP contribution >= 0.6 is 0 Å². The minimum Gasteiger partial charge on any atom is -0.444 e. The average molecular weight is 637 g/mol. The maximum Gasteiger partial charge on any atom is 0.410 e. The molecule has 4 aromatic carbocycles. The minimum atomic E-state index is -0.604. The number of urea groups is 1. The Hall–Kier alpha value is -4.85. The topological polar surface area (TPSA) is 91.0 Å². The van der Waals surface area contributed by atoms with E-state index in [1.54, 1.807) is 4.90 Å². The van der Waals surface area contributed by atoms with Crippen LogP contribution < -0.4 is 10.6 Å². The van der Waals surface area contributed by atoms with Crippen LogP contribution in [0.25, 0.3) is 10.8 Å². The monoisotopic (exact) mass is 636 g/mol. The number of nitrogens with one attached hydrogen (secondary N) is 2. The molecule has 0 aliphatic carbocycles. The molecular weight excluding hydrogens is 588 g/mol. The normalized spacial score (nSPS) is 11.9.